The molecule has 0 saturated heterocycles. The first-order valence-corrected chi connectivity index (χ1v) is 9.23. The lowest BCUT2D eigenvalue weighted by molar-refractivity contribution is -0.138. The van der Waals surface area contributed by atoms with Crippen molar-refractivity contribution >= 4 is 15.8 Å². The van der Waals surface area contributed by atoms with Crippen LogP contribution in [0.2, 0.25) is 0 Å². The molecule has 1 aromatic carbocycles. The molecule has 0 aromatic heterocycles. The summed E-state index contributed by atoms with van der Waals surface area (Å²) in [7, 11) is -3.26. The van der Waals surface area contributed by atoms with E-state index in [1.165, 1.54) is 11.1 Å². The molecule has 0 heterocycles. The van der Waals surface area contributed by atoms with E-state index in [1.807, 2.05) is 18.2 Å². The maximum atomic E-state index is 12.3. The Morgan fingerprint density at radius 2 is 1.90 bits per heavy atom. The minimum Gasteiger partial charge on any atom is -0.481 e. The van der Waals surface area contributed by atoms with Crippen molar-refractivity contribution in [2.45, 2.75) is 44.3 Å². The Bertz CT molecular complexity index is 672. The number of carboxylic acids is 1. The number of carboxylic acid groups (broad SMARTS) is 1. The van der Waals surface area contributed by atoms with Gasteiger partial charge in [0, 0.05) is 0 Å². The van der Waals surface area contributed by atoms with Crippen LogP contribution in [0.1, 0.15) is 42.4 Å². The number of aryl methyl sites for hydroxylation is 2. The topological polar surface area (TPSA) is 71.4 Å². The first kappa shape index (κ1) is 14.6. The zero-order chi connectivity index (χ0) is 15.1. The summed E-state index contributed by atoms with van der Waals surface area (Å²) in [6.45, 7) is 0. The highest BCUT2D eigenvalue weighted by atomic mass is 32.2. The molecule has 5 heteroatoms. The lowest BCUT2D eigenvalue weighted by atomic mass is 10.1. The number of benzene rings is 1. The third-order valence-corrected chi connectivity index (χ3v) is 6.38. The predicted molar refractivity (Wildman–Crippen MR) is 79.9 cm³/mol. The standard InChI is InChI=1S/C16H20O4S/c17-15(18)9-16(6-7-16)11-21(19,20)10-12-4-5-13-2-1-3-14(13)8-12/h4-5,8H,1-3,6-7,9-11H2,(H,17,18). The van der Waals surface area contributed by atoms with Crippen LogP contribution in [0.5, 0.6) is 0 Å². The second-order valence-electron chi connectivity index (χ2n) is 6.56. The summed E-state index contributed by atoms with van der Waals surface area (Å²) in [5.41, 5.74) is 2.94. The largest absolute Gasteiger partial charge is 0.481 e. The molecule has 1 N–H and O–H groups in total. The lowest BCUT2D eigenvalue weighted by Crippen LogP contribution is -2.21. The predicted octanol–water partition coefficient (Wildman–Crippen LogP) is 2.35. The van der Waals surface area contributed by atoms with Crippen LogP contribution >= 0.6 is 0 Å². The average molecular weight is 308 g/mol. The minimum atomic E-state index is -3.26. The molecule has 0 amide bonds. The fourth-order valence-corrected chi connectivity index (χ4v) is 5.47. The molecule has 3 rings (SSSR count). The number of rotatable bonds is 6. The van der Waals surface area contributed by atoms with Gasteiger partial charge in [-0.05, 0) is 54.2 Å². The van der Waals surface area contributed by atoms with Crippen LogP contribution in [0.4, 0.5) is 0 Å². The molecule has 2 aliphatic rings. The number of hydrogen-bond donors (Lipinski definition) is 1. The summed E-state index contributed by atoms with van der Waals surface area (Å²) < 4.78 is 24.7. The smallest absolute Gasteiger partial charge is 0.303 e. The summed E-state index contributed by atoms with van der Waals surface area (Å²) in [4.78, 5) is 10.8. The Morgan fingerprint density at radius 1 is 1.19 bits per heavy atom. The zero-order valence-electron chi connectivity index (χ0n) is 12.0. The molecule has 0 atom stereocenters. The average Bonchev–Trinajstić information content (AvgIpc) is 2.93. The Morgan fingerprint density at radius 3 is 2.57 bits per heavy atom. The van der Waals surface area contributed by atoms with Gasteiger partial charge in [0.15, 0.2) is 9.84 Å². The quantitative estimate of drug-likeness (QED) is 0.875. The molecule has 21 heavy (non-hydrogen) atoms. The van der Waals surface area contributed by atoms with Gasteiger partial charge in [-0.3, -0.25) is 4.79 Å². The van der Waals surface area contributed by atoms with Gasteiger partial charge in [0.2, 0.25) is 0 Å². The lowest BCUT2D eigenvalue weighted by Gasteiger charge is -2.13. The molecular formula is C16H20O4S. The monoisotopic (exact) mass is 308 g/mol. The third kappa shape index (κ3) is 3.46. The Balaban J connectivity index is 1.70. The second-order valence-corrected chi connectivity index (χ2v) is 8.62. The highest BCUT2D eigenvalue weighted by Gasteiger charge is 2.47. The van der Waals surface area contributed by atoms with E-state index in [4.69, 9.17) is 5.11 Å². The van der Waals surface area contributed by atoms with E-state index >= 15 is 0 Å². The fraction of sp³-hybridized carbons (Fsp3) is 0.562. The van der Waals surface area contributed by atoms with Crippen LogP contribution in [0.15, 0.2) is 18.2 Å². The van der Waals surface area contributed by atoms with Crippen molar-refractivity contribution in [3.63, 3.8) is 0 Å². The van der Waals surface area contributed by atoms with Crippen LogP contribution < -0.4 is 0 Å². The maximum absolute atomic E-state index is 12.3. The minimum absolute atomic E-state index is 0.00336. The second kappa shape index (κ2) is 5.13. The van der Waals surface area contributed by atoms with Crippen LogP contribution in [0, 0.1) is 5.41 Å². The van der Waals surface area contributed by atoms with Crippen LogP contribution in [-0.2, 0) is 33.2 Å². The highest BCUT2D eigenvalue weighted by molar-refractivity contribution is 7.90. The van der Waals surface area contributed by atoms with Crippen molar-refractivity contribution in [1.29, 1.82) is 0 Å². The van der Waals surface area contributed by atoms with Gasteiger partial charge in [-0.25, -0.2) is 8.42 Å². The van der Waals surface area contributed by atoms with Gasteiger partial charge in [0.05, 0.1) is 17.9 Å². The maximum Gasteiger partial charge on any atom is 0.303 e. The summed E-state index contributed by atoms with van der Waals surface area (Å²) in [5.74, 6) is -0.870. The number of sulfone groups is 1. The van der Waals surface area contributed by atoms with Crippen molar-refractivity contribution in [2.24, 2.45) is 5.41 Å². The Labute approximate surface area is 125 Å². The number of fused-ring (bicyclic) bond motifs is 1. The van der Waals surface area contributed by atoms with E-state index < -0.39 is 21.2 Å². The van der Waals surface area contributed by atoms with Crippen molar-refractivity contribution in [2.75, 3.05) is 5.75 Å². The Kier molecular flexibility index (Phi) is 3.56. The molecular weight excluding hydrogens is 288 g/mol. The van der Waals surface area contributed by atoms with E-state index in [-0.39, 0.29) is 17.9 Å². The summed E-state index contributed by atoms with van der Waals surface area (Å²) >= 11 is 0. The molecule has 2 aliphatic carbocycles. The normalized spacial score (nSPS) is 19.2. The van der Waals surface area contributed by atoms with Gasteiger partial charge < -0.3 is 5.11 Å². The van der Waals surface area contributed by atoms with E-state index in [9.17, 15) is 13.2 Å². The van der Waals surface area contributed by atoms with E-state index in [0.29, 0.717) is 12.8 Å². The SMILES string of the molecule is O=C(O)CC1(CS(=O)(=O)Cc2ccc3c(c2)CCC3)CC1. The van der Waals surface area contributed by atoms with Crippen LogP contribution in [-0.4, -0.2) is 25.2 Å². The van der Waals surface area contributed by atoms with E-state index in [1.54, 1.807) is 0 Å². The summed E-state index contributed by atoms with van der Waals surface area (Å²) in [6, 6.07) is 5.95. The summed E-state index contributed by atoms with van der Waals surface area (Å²) in [5, 5.41) is 8.89. The summed E-state index contributed by atoms with van der Waals surface area (Å²) in [6.07, 6.45) is 4.66. The molecule has 0 radical (unpaired) electrons. The van der Waals surface area contributed by atoms with Crippen LogP contribution in [0.3, 0.4) is 0 Å². The molecule has 0 spiro atoms. The highest BCUT2D eigenvalue weighted by Crippen LogP contribution is 2.50. The number of aliphatic carboxylic acids is 1. The van der Waals surface area contributed by atoms with E-state index in [2.05, 4.69) is 0 Å². The molecule has 114 valence electrons. The molecule has 1 aromatic rings. The molecule has 1 fully saturated rings. The van der Waals surface area contributed by atoms with Crippen molar-refractivity contribution in [3.8, 4) is 0 Å². The van der Waals surface area contributed by atoms with Gasteiger partial charge in [-0.2, -0.15) is 0 Å². The molecule has 0 aliphatic heterocycles. The molecule has 4 nitrogen and oxygen atoms in total. The fourth-order valence-electron chi connectivity index (χ4n) is 3.36. The van der Waals surface area contributed by atoms with E-state index in [0.717, 1.165) is 24.8 Å². The third-order valence-electron chi connectivity index (χ3n) is 4.56. The van der Waals surface area contributed by atoms with Crippen molar-refractivity contribution < 1.29 is 18.3 Å². The van der Waals surface area contributed by atoms with Gasteiger partial charge in [0.25, 0.3) is 0 Å². The zero-order valence-corrected chi connectivity index (χ0v) is 12.8. The van der Waals surface area contributed by atoms with Crippen molar-refractivity contribution in [3.05, 3.63) is 34.9 Å². The van der Waals surface area contributed by atoms with Gasteiger partial charge >= 0.3 is 5.97 Å². The first-order valence-electron chi connectivity index (χ1n) is 7.40. The molecule has 0 unspecified atom stereocenters. The van der Waals surface area contributed by atoms with Crippen molar-refractivity contribution in [1.82, 2.24) is 0 Å². The first-order chi connectivity index (χ1) is 9.88. The van der Waals surface area contributed by atoms with Gasteiger partial charge in [-0.1, -0.05) is 18.2 Å². The van der Waals surface area contributed by atoms with Gasteiger partial charge in [-0.15, -0.1) is 0 Å². The Hall–Kier alpha value is -1.36. The molecule has 0 bridgehead atoms. The number of carbonyl (C=O) groups is 1. The van der Waals surface area contributed by atoms with Crippen LogP contribution in [0.25, 0.3) is 0 Å². The van der Waals surface area contributed by atoms with Gasteiger partial charge in [0.1, 0.15) is 0 Å². The number of hydrogen-bond acceptors (Lipinski definition) is 3. The molecule has 1 saturated carbocycles.